The molecule has 3 aromatic rings. The van der Waals surface area contributed by atoms with Crippen molar-refractivity contribution in [1.82, 2.24) is 0 Å². The monoisotopic (exact) mass is 438 g/mol. The number of allylic oxidation sites excluding steroid dienone is 2. The zero-order valence-corrected chi connectivity index (χ0v) is 18.3. The van der Waals surface area contributed by atoms with Crippen molar-refractivity contribution < 1.29 is 28.1 Å². The minimum Gasteiger partial charge on any atom is -0.493 e. The van der Waals surface area contributed by atoms with Gasteiger partial charge in [-0.25, -0.2) is 0 Å². The summed E-state index contributed by atoms with van der Waals surface area (Å²) in [7, 11) is 4.80. The maximum absolute atomic E-state index is 12.4. The van der Waals surface area contributed by atoms with E-state index in [2.05, 4.69) is 0 Å². The van der Waals surface area contributed by atoms with Gasteiger partial charge in [0, 0.05) is 19.2 Å². The van der Waals surface area contributed by atoms with Gasteiger partial charge in [0.1, 0.15) is 17.1 Å². The fraction of sp³-hybridized carbons (Fsp3) is 0.240. The van der Waals surface area contributed by atoms with Crippen LogP contribution in [0.25, 0.3) is 23.1 Å². The van der Waals surface area contributed by atoms with E-state index in [1.807, 2.05) is 30.4 Å². The Balaban J connectivity index is 1.70. The Labute approximate surface area is 186 Å². The molecule has 0 unspecified atom stereocenters. The fourth-order valence-corrected chi connectivity index (χ4v) is 2.91. The first-order chi connectivity index (χ1) is 15.6. The van der Waals surface area contributed by atoms with E-state index in [0.29, 0.717) is 47.2 Å². The van der Waals surface area contributed by atoms with Crippen molar-refractivity contribution in [3.63, 3.8) is 0 Å². The quantitative estimate of drug-likeness (QED) is 0.247. The zero-order chi connectivity index (χ0) is 22.8. The van der Waals surface area contributed by atoms with Gasteiger partial charge in [-0.2, -0.15) is 0 Å². The molecule has 0 amide bonds. The van der Waals surface area contributed by atoms with Gasteiger partial charge in [0.15, 0.2) is 23.7 Å². The van der Waals surface area contributed by atoms with Gasteiger partial charge in [-0.1, -0.05) is 24.3 Å². The van der Waals surface area contributed by atoms with Gasteiger partial charge in [0.05, 0.1) is 32.8 Å². The van der Waals surface area contributed by atoms with Gasteiger partial charge in [0.2, 0.25) is 0 Å². The van der Waals surface area contributed by atoms with Gasteiger partial charge >= 0.3 is 0 Å². The van der Waals surface area contributed by atoms with E-state index < -0.39 is 0 Å². The lowest BCUT2D eigenvalue weighted by atomic mass is 10.2. The molecule has 2 aromatic carbocycles. The molecule has 7 heteroatoms. The van der Waals surface area contributed by atoms with Gasteiger partial charge in [-0.15, -0.1) is 0 Å². The summed E-state index contributed by atoms with van der Waals surface area (Å²) in [6.07, 6.45) is 7.28. The highest BCUT2D eigenvalue weighted by atomic mass is 16.7. The summed E-state index contributed by atoms with van der Waals surface area (Å²) in [5, 5.41) is 0.482. The molecule has 0 fully saturated rings. The van der Waals surface area contributed by atoms with Crippen molar-refractivity contribution in [1.29, 1.82) is 0 Å². The first kappa shape index (κ1) is 23.1. The third-order valence-electron chi connectivity index (χ3n) is 4.53. The van der Waals surface area contributed by atoms with Crippen LogP contribution in [0.2, 0.25) is 0 Å². The number of methoxy groups -OCH3 is 3. The molecule has 7 nitrogen and oxygen atoms in total. The first-order valence-electron chi connectivity index (χ1n) is 9.98. The van der Waals surface area contributed by atoms with Gasteiger partial charge < -0.3 is 28.1 Å². The van der Waals surface area contributed by atoms with Crippen LogP contribution in [-0.2, 0) is 9.47 Å². The highest BCUT2D eigenvalue weighted by Gasteiger charge is 2.06. The maximum Gasteiger partial charge on any atom is 0.193 e. The summed E-state index contributed by atoms with van der Waals surface area (Å²) in [5.41, 5.74) is 1.26. The van der Waals surface area contributed by atoms with E-state index in [9.17, 15) is 4.79 Å². The number of benzene rings is 2. The molecule has 3 rings (SSSR count). The Morgan fingerprint density at radius 1 is 0.875 bits per heavy atom. The van der Waals surface area contributed by atoms with Crippen LogP contribution in [0.4, 0.5) is 0 Å². The molecule has 0 saturated heterocycles. The van der Waals surface area contributed by atoms with Crippen molar-refractivity contribution in [3.05, 3.63) is 76.2 Å². The van der Waals surface area contributed by atoms with Crippen molar-refractivity contribution in [2.45, 2.75) is 0 Å². The predicted molar refractivity (Wildman–Crippen MR) is 123 cm³/mol. The molecule has 32 heavy (non-hydrogen) atoms. The minimum atomic E-state index is -0.127. The lowest BCUT2D eigenvalue weighted by Gasteiger charge is -2.07. The molecule has 168 valence electrons. The van der Waals surface area contributed by atoms with Gasteiger partial charge in [-0.05, 0) is 35.9 Å². The maximum atomic E-state index is 12.4. The van der Waals surface area contributed by atoms with E-state index in [1.54, 1.807) is 51.7 Å². The number of hydrogen-bond acceptors (Lipinski definition) is 7. The van der Waals surface area contributed by atoms with E-state index >= 15 is 0 Å². The average molecular weight is 438 g/mol. The second-order valence-corrected chi connectivity index (χ2v) is 6.67. The summed E-state index contributed by atoms with van der Waals surface area (Å²) in [6.45, 7) is 1.01. The Morgan fingerprint density at radius 3 is 2.47 bits per heavy atom. The van der Waals surface area contributed by atoms with E-state index in [-0.39, 0.29) is 12.2 Å². The minimum absolute atomic E-state index is 0.0830. The van der Waals surface area contributed by atoms with Crippen LogP contribution in [0.5, 0.6) is 17.2 Å². The van der Waals surface area contributed by atoms with E-state index in [4.69, 9.17) is 28.1 Å². The van der Waals surface area contributed by atoms with Crippen LogP contribution in [0.3, 0.4) is 0 Å². The van der Waals surface area contributed by atoms with Crippen molar-refractivity contribution in [2.75, 3.05) is 41.3 Å². The normalized spacial score (nSPS) is 11.5. The fourth-order valence-electron chi connectivity index (χ4n) is 2.91. The number of fused-ring (bicyclic) bond motifs is 1. The van der Waals surface area contributed by atoms with Crippen molar-refractivity contribution in [2.24, 2.45) is 0 Å². The standard InChI is InChI=1S/C25H26O7/c1-27-12-13-30-17-31-19-9-10-21-22(26)15-20(32-24(21)16-19)7-5-4-6-18-8-11-23(28-2)25(14-18)29-3/h4-11,14-16H,12-13,17H2,1-3H3/b6-4+,7-5+. The lowest BCUT2D eigenvalue weighted by Crippen LogP contribution is -2.08. The Bertz CT molecular complexity index is 1140. The van der Waals surface area contributed by atoms with Gasteiger partial charge in [0.25, 0.3) is 0 Å². The molecule has 0 aliphatic rings. The van der Waals surface area contributed by atoms with E-state index in [0.717, 1.165) is 5.56 Å². The van der Waals surface area contributed by atoms with Crippen molar-refractivity contribution in [3.8, 4) is 17.2 Å². The molecular weight excluding hydrogens is 412 g/mol. The topological polar surface area (TPSA) is 76.4 Å². The zero-order valence-electron chi connectivity index (χ0n) is 18.3. The Kier molecular flexibility index (Phi) is 8.48. The molecule has 0 atom stereocenters. The summed E-state index contributed by atoms with van der Waals surface area (Å²) < 4.78 is 32.1. The highest BCUT2D eigenvalue weighted by molar-refractivity contribution is 5.78. The van der Waals surface area contributed by atoms with Gasteiger partial charge in [-0.3, -0.25) is 4.79 Å². The highest BCUT2D eigenvalue weighted by Crippen LogP contribution is 2.28. The van der Waals surface area contributed by atoms with Crippen LogP contribution < -0.4 is 19.6 Å². The smallest absolute Gasteiger partial charge is 0.193 e. The van der Waals surface area contributed by atoms with Crippen molar-refractivity contribution >= 4 is 23.1 Å². The number of ether oxygens (including phenoxy) is 5. The third-order valence-corrected chi connectivity index (χ3v) is 4.53. The average Bonchev–Trinajstić information content (AvgIpc) is 2.81. The molecule has 0 aliphatic carbocycles. The van der Waals surface area contributed by atoms with Crippen LogP contribution in [0.1, 0.15) is 11.3 Å². The molecule has 0 bridgehead atoms. The number of rotatable bonds is 11. The Morgan fingerprint density at radius 2 is 1.69 bits per heavy atom. The second kappa shape index (κ2) is 11.7. The molecule has 0 saturated carbocycles. The summed E-state index contributed by atoms with van der Waals surface area (Å²) in [5.74, 6) is 2.31. The third kappa shape index (κ3) is 6.23. The summed E-state index contributed by atoms with van der Waals surface area (Å²) in [6, 6.07) is 12.1. The Hall–Kier alpha value is -3.55. The van der Waals surface area contributed by atoms with Crippen LogP contribution in [-0.4, -0.2) is 41.3 Å². The number of hydrogen-bond donors (Lipinski definition) is 0. The van der Waals surface area contributed by atoms with Crippen LogP contribution in [0.15, 0.2) is 63.8 Å². The SMILES string of the molecule is COCCOCOc1ccc2c(=O)cc(/C=C/C=C/c3ccc(OC)c(OC)c3)oc2c1. The molecule has 0 spiro atoms. The summed E-state index contributed by atoms with van der Waals surface area (Å²) in [4.78, 5) is 12.4. The molecule has 0 radical (unpaired) electrons. The first-order valence-corrected chi connectivity index (χ1v) is 9.98. The molecule has 1 heterocycles. The largest absolute Gasteiger partial charge is 0.493 e. The molecule has 0 N–H and O–H groups in total. The lowest BCUT2D eigenvalue weighted by molar-refractivity contribution is -0.00843. The van der Waals surface area contributed by atoms with Crippen LogP contribution >= 0.6 is 0 Å². The molecule has 0 aliphatic heterocycles. The molecular formula is C25H26O7. The summed E-state index contributed by atoms with van der Waals surface area (Å²) >= 11 is 0. The van der Waals surface area contributed by atoms with Crippen LogP contribution in [0, 0.1) is 0 Å². The predicted octanol–water partition coefficient (Wildman–Crippen LogP) is 4.54. The van der Waals surface area contributed by atoms with E-state index in [1.165, 1.54) is 6.07 Å². The second-order valence-electron chi connectivity index (χ2n) is 6.67. The molecule has 1 aromatic heterocycles.